The van der Waals surface area contributed by atoms with Gasteiger partial charge in [0.05, 0.1) is 7.11 Å². The van der Waals surface area contributed by atoms with Crippen molar-refractivity contribution in [3.63, 3.8) is 0 Å². The summed E-state index contributed by atoms with van der Waals surface area (Å²) < 4.78 is 6.13. The van der Waals surface area contributed by atoms with Gasteiger partial charge in [0.15, 0.2) is 0 Å². The van der Waals surface area contributed by atoms with E-state index in [2.05, 4.69) is 21.2 Å². The van der Waals surface area contributed by atoms with Crippen LogP contribution in [0.1, 0.15) is 12.5 Å². The van der Waals surface area contributed by atoms with Gasteiger partial charge in [0.2, 0.25) is 5.91 Å². The molecule has 0 aromatic heterocycles. The molecule has 5 heteroatoms. The maximum atomic E-state index is 11.6. The van der Waals surface area contributed by atoms with Gasteiger partial charge in [-0.25, -0.2) is 0 Å². The Morgan fingerprint density at radius 2 is 2.32 bits per heavy atom. The molecule has 0 saturated carbocycles. The SMILES string of the molecule is COc1ccc(Br)cc1/C=C/C(=O)NCC(C)CO. The Morgan fingerprint density at radius 1 is 1.58 bits per heavy atom. The van der Waals surface area contributed by atoms with Gasteiger partial charge in [-0.15, -0.1) is 0 Å². The number of ether oxygens (including phenoxy) is 1. The van der Waals surface area contributed by atoms with Gasteiger partial charge < -0.3 is 15.2 Å². The zero-order chi connectivity index (χ0) is 14.3. The number of hydrogen-bond acceptors (Lipinski definition) is 3. The molecule has 1 atom stereocenters. The summed E-state index contributed by atoms with van der Waals surface area (Å²) in [6.45, 7) is 2.38. The number of carbonyl (C=O) groups is 1. The number of amides is 1. The predicted octanol–water partition coefficient (Wildman–Crippen LogP) is 2.22. The largest absolute Gasteiger partial charge is 0.496 e. The van der Waals surface area contributed by atoms with Crippen molar-refractivity contribution < 1.29 is 14.6 Å². The number of methoxy groups -OCH3 is 1. The van der Waals surface area contributed by atoms with E-state index in [0.717, 1.165) is 10.0 Å². The molecule has 104 valence electrons. The third-order valence-corrected chi connectivity index (χ3v) is 3.04. The maximum Gasteiger partial charge on any atom is 0.244 e. The molecule has 0 radical (unpaired) electrons. The van der Waals surface area contributed by atoms with Crippen LogP contribution in [0.4, 0.5) is 0 Å². The number of halogens is 1. The third-order valence-electron chi connectivity index (χ3n) is 2.54. The van der Waals surface area contributed by atoms with Crippen LogP contribution in [-0.2, 0) is 4.79 Å². The van der Waals surface area contributed by atoms with Crippen LogP contribution in [0, 0.1) is 5.92 Å². The summed E-state index contributed by atoms with van der Waals surface area (Å²) in [7, 11) is 1.59. The van der Waals surface area contributed by atoms with Crippen molar-refractivity contribution in [1.29, 1.82) is 0 Å². The average molecular weight is 328 g/mol. The highest BCUT2D eigenvalue weighted by molar-refractivity contribution is 9.10. The number of aliphatic hydroxyl groups is 1. The van der Waals surface area contributed by atoms with Gasteiger partial charge >= 0.3 is 0 Å². The van der Waals surface area contributed by atoms with E-state index in [1.54, 1.807) is 13.2 Å². The van der Waals surface area contributed by atoms with Gasteiger partial charge in [-0.2, -0.15) is 0 Å². The van der Waals surface area contributed by atoms with Gasteiger partial charge in [-0.05, 0) is 30.2 Å². The van der Waals surface area contributed by atoms with Crippen LogP contribution in [0.5, 0.6) is 5.75 Å². The quantitative estimate of drug-likeness (QED) is 0.787. The van der Waals surface area contributed by atoms with Crippen molar-refractivity contribution >= 4 is 27.9 Å². The first-order valence-corrected chi connectivity index (χ1v) is 6.76. The molecule has 1 aromatic carbocycles. The van der Waals surface area contributed by atoms with E-state index in [9.17, 15) is 4.79 Å². The van der Waals surface area contributed by atoms with E-state index in [1.807, 2.05) is 25.1 Å². The maximum absolute atomic E-state index is 11.6. The van der Waals surface area contributed by atoms with Crippen molar-refractivity contribution in [2.24, 2.45) is 5.92 Å². The highest BCUT2D eigenvalue weighted by atomic mass is 79.9. The van der Waals surface area contributed by atoms with Gasteiger partial charge in [0, 0.05) is 29.3 Å². The van der Waals surface area contributed by atoms with Gasteiger partial charge in [-0.3, -0.25) is 4.79 Å². The van der Waals surface area contributed by atoms with Crippen molar-refractivity contribution in [2.75, 3.05) is 20.3 Å². The monoisotopic (exact) mass is 327 g/mol. The number of benzene rings is 1. The molecule has 0 bridgehead atoms. The molecule has 1 amide bonds. The van der Waals surface area contributed by atoms with Crippen molar-refractivity contribution in [3.05, 3.63) is 34.3 Å². The van der Waals surface area contributed by atoms with Crippen LogP contribution in [0.3, 0.4) is 0 Å². The first kappa shape index (κ1) is 15.7. The Balaban J connectivity index is 2.65. The zero-order valence-electron chi connectivity index (χ0n) is 11.0. The minimum atomic E-state index is -0.192. The molecule has 0 aliphatic carbocycles. The Bertz CT molecular complexity index is 460. The molecule has 4 nitrogen and oxygen atoms in total. The lowest BCUT2D eigenvalue weighted by Crippen LogP contribution is -2.27. The zero-order valence-corrected chi connectivity index (χ0v) is 12.6. The highest BCUT2D eigenvalue weighted by Crippen LogP contribution is 2.23. The molecule has 0 aliphatic rings. The van der Waals surface area contributed by atoms with E-state index >= 15 is 0 Å². The summed E-state index contributed by atoms with van der Waals surface area (Å²) in [5.74, 6) is 0.566. The molecule has 0 fully saturated rings. The topological polar surface area (TPSA) is 58.6 Å². The normalized spacial score (nSPS) is 12.4. The number of aliphatic hydroxyl groups excluding tert-OH is 1. The summed E-state index contributed by atoms with van der Waals surface area (Å²) in [6, 6.07) is 5.58. The van der Waals surface area contributed by atoms with Gasteiger partial charge in [-0.1, -0.05) is 22.9 Å². The second kappa shape index (κ2) is 7.96. The number of rotatable bonds is 6. The lowest BCUT2D eigenvalue weighted by atomic mass is 10.2. The minimum Gasteiger partial charge on any atom is -0.496 e. The Labute approximate surface area is 121 Å². The fraction of sp³-hybridized carbons (Fsp3) is 0.357. The molecular weight excluding hydrogens is 310 g/mol. The van der Waals surface area contributed by atoms with Gasteiger partial charge in [0.1, 0.15) is 5.75 Å². The third kappa shape index (κ3) is 5.44. The molecule has 0 spiro atoms. The predicted molar refractivity (Wildman–Crippen MR) is 79.0 cm³/mol. The van der Waals surface area contributed by atoms with Crippen LogP contribution in [0.2, 0.25) is 0 Å². The van der Waals surface area contributed by atoms with Crippen molar-refractivity contribution in [1.82, 2.24) is 5.32 Å². The van der Waals surface area contributed by atoms with Crippen molar-refractivity contribution in [2.45, 2.75) is 6.92 Å². The molecule has 0 aliphatic heterocycles. The molecule has 1 aromatic rings. The van der Waals surface area contributed by atoms with E-state index in [-0.39, 0.29) is 18.4 Å². The van der Waals surface area contributed by atoms with Crippen LogP contribution < -0.4 is 10.1 Å². The molecule has 0 heterocycles. The highest BCUT2D eigenvalue weighted by Gasteiger charge is 2.03. The number of hydrogen-bond donors (Lipinski definition) is 2. The molecule has 19 heavy (non-hydrogen) atoms. The van der Waals surface area contributed by atoms with Gasteiger partial charge in [0.25, 0.3) is 0 Å². The van der Waals surface area contributed by atoms with Crippen LogP contribution in [0.15, 0.2) is 28.7 Å². The van der Waals surface area contributed by atoms with Crippen LogP contribution in [-0.4, -0.2) is 31.3 Å². The molecule has 0 saturated heterocycles. The van der Waals surface area contributed by atoms with Crippen LogP contribution in [0.25, 0.3) is 6.08 Å². The molecule has 1 unspecified atom stereocenters. The fourth-order valence-electron chi connectivity index (χ4n) is 1.40. The summed E-state index contributed by atoms with van der Waals surface area (Å²) in [4.78, 5) is 11.6. The summed E-state index contributed by atoms with van der Waals surface area (Å²) in [5.41, 5.74) is 0.822. The minimum absolute atomic E-state index is 0.0535. The van der Waals surface area contributed by atoms with Crippen LogP contribution >= 0.6 is 15.9 Å². The Morgan fingerprint density at radius 3 is 2.95 bits per heavy atom. The molecular formula is C14H18BrNO3. The Hall–Kier alpha value is -1.33. The lowest BCUT2D eigenvalue weighted by molar-refractivity contribution is -0.116. The Kier molecular flexibility index (Phi) is 6.59. The number of carbonyl (C=O) groups excluding carboxylic acids is 1. The van der Waals surface area contributed by atoms with E-state index in [0.29, 0.717) is 12.3 Å². The molecule has 2 N–H and O–H groups in total. The number of nitrogens with one attached hydrogen (secondary N) is 1. The average Bonchev–Trinajstić information content (AvgIpc) is 2.42. The van der Waals surface area contributed by atoms with E-state index in [4.69, 9.17) is 9.84 Å². The summed E-state index contributed by atoms with van der Waals surface area (Å²) in [6.07, 6.45) is 3.15. The summed E-state index contributed by atoms with van der Waals surface area (Å²) in [5, 5.41) is 11.6. The first-order valence-electron chi connectivity index (χ1n) is 5.97. The second-order valence-corrected chi connectivity index (χ2v) is 5.17. The standard InChI is InChI=1S/C14H18BrNO3/c1-10(9-17)8-16-14(18)6-3-11-7-12(15)4-5-13(11)19-2/h3-7,10,17H,8-9H2,1-2H3,(H,16,18)/b6-3+. The van der Waals surface area contributed by atoms with Crippen molar-refractivity contribution in [3.8, 4) is 5.75 Å². The van der Waals surface area contributed by atoms with E-state index in [1.165, 1.54) is 6.08 Å². The summed E-state index contributed by atoms with van der Waals surface area (Å²) >= 11 is 3.37. The molecule has 1 rings (SSSR count). The smallest absolute Gasteiger partial charge is 0.244 e. The fourth-order valence-corrected chi connectivity index (χ4v) is 1.78. The van der Waals surface area contributed by atoms with E-state index < -0.39 is 0 Å². The first-order chi connectivity index (χ1) is 9.06. The lowest BCUT2D eigenvalue weighted by Gasteiger charge is -2.08. The second-order valence-electron chi connectivity index (χ2n) is 4.25.